The van der Waals surface area contributed by atoms with Crippen LogP contribution in [0.25, 0.3) is 6.08 Å². The average Bonchev–Trinajstić information content (AvgIpc) is 2.17. The largest absolute Gasteiger partial charge is 0.508 e. The number of hydrogen-bond acceptors (Lipinski definition) is 2. The van der Waals surface area contributed by atoms with Gasteiger partial charge in [0.05, 0.1) is 0 Å². The average molecular weight is 190 g/mol. The maximum absolute atomic E-state index is 10.7. The van der Waals surface area contributed by atoms with E-state index < -0.39 is 5.97 Å². The Bertz CT molecular complexity index is 419. The molecule has 72 valence electrons. The molecule has 3 nitrogen and oxygen atoms in total. The number of aliphatic carboxylic acids is 1. The zero-order valence-electron chi connectivity index (χ0n) is 7.53. The second-order valence-corrected chi connectivity index (χ2v) is 3.32. The molecular formula is C11H10O3. The molecule has 0 amide bonds. The van der Waals surface area contributed by atoms with Crippen LogP contribution in [0.1, 0.15) is 17.5 Å². The summed E-state index contributed by atoms with van der Waals surface area (Å²) < 4.78 is 0. The number of aromatic hydroxyl groups is 1. The predicted octanol–water partition coefficient (Wildman–Crippen LogP) is 1.81. The van der Waals surface area contributed by atoms with Gasteiger partial charge in [-0.3, -0.25) is 0 Å². The van der Waals surface area contributed by atoms with Gasteiger partial charge in [-0.05, 0) is 30.5 Å². The normalized spacial score (nSPS) is 14.4. The highest BCUT2D eigenvalue weighted by Crippen LogP contribution is 2.30. The molecule has 1 aromatic carbocycles. The molecule has 0 saturated heterocycles. The molecular weight excluding hydrogens is 180 g/mol. The van der Waals surface area contributed by atoms with Crippen molar-refractivity contribution in [2.45, 2.75) is 12.8 Å². The molecule has 0 unspecified atom stereocenters. The molecule has 1 aromatic rings. The summed E-state index contributed by atoms with van der Waals surface area (Å²) in [5, 5.41) is 18.3. The van der Waals surface area contributed by atoms with Crippen LogP contribution in [0.15, 0.2) is 23.8 Å². The van der Waals surface area contributed by atoms with Gasteiger partial charge in [0.25, 0.3) is 0 Å². The van der Waals surface area contributed by atoms with Gasteiger partial charge in [0.2, 0.25) is 0 Å². The number of phenolic OH excluding ortho intramolecular Hbond substituents is 1. The summed E-state index contributed by atoms with van der Waals surface area (Å²) in [4.78, 5) is 10.7. The third kappa shape index (κ3) is 1.37. The van der Waals surface area contributed by atoms with Crippen molar-refractivity contribution < 1.29 is 15.0 Å². The van der Waals surface area contributed by atoms with Crippen LogP contribution in [0.4, 0.5) is 0 Å². The van der Waals surface area contributed by atoms with Gasteiger partial charge in [-0.2, -0.15) is 0 Å². The lowest BCUT2D eigenvalue weighted by Crippen LogP contribution is -2.07. The number of rotatable bonds is 1. The van der Waals surface area contributed by atoms with E-state index in [1.807, 2.05) is 6.07 Å². The minimum Gasteiger partial charge on any atom is -0.508 e. The number of carboxylic acids is 1. The van der Waals surface area contributed by atoms with Gasteiger partial charge in [-0.25, -0.2) is 4.79 Å². The van der Waals surface area contributed by atoms with Gasteiger partial charge in [0.15, 0.2) is 0 Å². The molecule has 0 heterocycles. The van der Waals surface area contributed by atoms with Crippen molar-refractivity contribution >= 4 is 12.0 Å². The first-order valence-electron chi connectivity index (χ1n) is 4.43. The van der Waals surface area contributed by atoms with Crippen LogP contribution >= 0.6 is 0 Å². The highest BCUT2D eigenvalue weighted by Gasteiger charge is 2.16. The van der Waals surface area contributed by atoms with Gasteiger partial charge < -0.3 is 10.2 Å². The smallest absolute Gasteiger partial charge is 0.331 e. The molecule has 0 aromatic heterocycles. The SMILES string of the molecule is O=C(O)C1=Cc2cccc(O)c2CC1. The molecule has 1 aliphatic carbocycles. The zero-order valence-corrected chi connectivity index (χ0v) is 7.53. The Kier molecular flexibility index (Phi) is 2.00. The summed E-state index contributed by atoms with van der Waals surface area (Å²) in [5.74, 6) is -0.623. The molecule has 0 atom stereocenters. The van der Waals surface area contributed by atoms with Crippen LogP contribution in [0, 0.1) is 0 Å². The van der Waals surface area contributed by atoms with E-state index in [0.717, 1.165) is 11.1 Å². The van der Waals surface area contributed by atoms with Gasteiger partial charge in [0.1, 0.15) is 5.75 Å². The van der Waals surface area contributed by atoms with E-state index in [0.29, 0.717) is 18.4 Å². The Morgan fingerprint density at radius 3 is 2.79 bits per heavy atom. The molecule has 0 fully saturated rings. The van der Waals surface area contributed by atoms with Crippen LogP contribution in [0.2, 0.25) is 0 Å². The molecule has 2 N–H and O–H groups in total. The molecule has 3 heteroatoms. The first kappa shape index (κ1) is 8.81. The van der Waals surface area contributed by atoms with E-state index in [1.165, 1.54) is 0 Å². The number of carbonyl (C=O) groups is 1. The summed E-state index contributed by atoms with van der Waals surface area (Å²) in [6.45, 7) is 0. The van der Waals surface area contributed by atoms with Crippen molar-refractivity contribution in [2.24, 2.45) is 0 Å². The molecule has 0 aliphatic heterocycles. The Hall–Kier alpha value is -1.77. The molecule has 0 bridgehead atoms. The molecule has 0 saturated carbocycles. The fourth-order valence-electron chi connectivity index (χ4n) is 1.69. The number of carboxylic acid groups (broad SMARTS) is 1. The number of hydrogen-bond donors (Lipinski definition) is 2. The van der Waals surface area contributed by atoms with Crippen LogP contribution < -0.4 is 0 Å². The van der Waals surface area contributed by atoms with Crippen molar-refractivity contribution in [3.05, 3.63) is 34.9 Å². The van der Waals surface area contributed by atoms with Gasteiger partial charge in [0, 0.05) is 11.1 Å². The van der Waals surface area contributed by atoms with E-state index in [9.17, 15) is 9.90 Å². The Morgan fingerprint density at radius 1 is 1.29 bits per heavy atom. The summed E-state index contributed by atoms with van der Waals surface area (Å²) in [6, 6.07) is 5.16. The fourth-order valence-corrected chi connectivity index (χ4v) is 1.69. The molecule has 2 rings (SSSR count). The Morgan fingerprint density at radius 2 is 2.07 bits per heavy atom. The molecule has 0 spiro atoms. The number of phenols is 1. The van der Waals surface area contributed by atoms with Gasteiger partial charge in [-0.1, -0.05) is 12.1 Å². The summed E-state index contributed by atoms with van der Waals surface area (Å²) in [7, 11) is 0. The number of benzene rings is 1. The van der Waals surface area contributed by atoms with E-state index in [-0.39, 0.29) is 5.75 Å². The minimum absolute atomic E-state index is 0.253. The maximum atomic E-state index is 10.7. The van der Waals surface area contributed by atoms with Crippen LogP contribution in [-0.4, -0.2) is 16.2 Å². The van der Waals surface area contributed by atoms with Crippen molar-refractivity contribution in [2.75, 3.05) is 0 Å². The topological polar surface area (TPSA) is 57.5 Å². The summed E-state index contributed by atoms with van der Waals surface area (Å²) in [6.07, 6.45) is 2.71. The maximum Gasteiger partial charge on any atom is 0.331 e. The highest BCUT2D eigenvalue weighted by atomic mass is 16.4. The van der Waals surface area contributed by atoms with Gasteiger partial charge >= 0.3 is 5.97 Å². The van der Waals surface area contributed by atoms with Crippen LogP contribution in [-0.2, 0) is 11.2 Å². The monoisotopic (exact) mass is 190 g/mol. The standard InChI is InChI=1S/C11H10O3/c12-10-3-1-2-7-6-8(11(13)14)4-5-9(7)10/h1-3,6,12H,4-5H2,(H,13,14). The van der Waals surface area contributed by atoms with Crippen molar-refractivity contribution in [1.29, 1.82) is 0 Å². The first-order valence-corrected chi connectivity index (χ1v) is 4.43. The third-order valence-corrected chi connectivity index (χ3v) is 2.44. The zero-order chi connectivity index (χ0) is 10.1. The summed E-state index contributed by atoms with van der Waals surface area (Å²) >= 11 is 0. The minimum atomic E-state index is -0.876. The molecule has 0 radical (unpaired) electrons. The summed E-state index contributed by atoms with van der Waals surface area (Å²) in [5.41, 5.74) is 2.06. The molecule has 1 aliphatic rings. The Balaban J connectivity index is 2.50. The number of fused-ring (bicyclic) bond motifs is 1. The second kappa shape index (κ2) is 3.18. The lowest BCUT2D eigenvalue weighted by atomic mass is 9.92. The van der Waals surface area contributed by atoms with Crippen molar-refractivity contribution in [3.63, 3.8) is 0 Å². The first-order chi connectivity index (χ1) is 6.68. The van der Waals surface area contributed by atoms with E-state index in [2.05, 4.69) is 0 Å². The highest BCUT2D eigenvalue weighted by molar-refractivity contribution is 5.93. The Labute approximate surface area is 81.3 Å². The van der Waals surface area contributed by atoms with Crippen molar-refractivity contribution in [1.82, 2.24) is 0 Å². The van der Waals surface area contributed by atoms with Crippen molar-refractivity contribution in [3.8, 4) is 5.75 Å². The fraction of sp³-hybridized carbons (Fsp3) is 0.182. The lowest BCUT2D eigenvalue weighted by Gasteiger charge is -2.14. The second-order valence-electron chi connectivity index (χ2n) is 3.32. The lowest BCUT2D eigenvalue weighted by molar-refractivity contribution is -0.132. The van der Waals surface area contributed by atoms with Gasteiger partial charge in [-0.15, -0.1) is 0 Å². The van der Waals surface area contributed by atoms with E-state index in [4.69, 9.17) is 5.11 Å². The van der Waals surface area contributed by atoms with Crippen LogP contribution in [0.5, 0.6) is 5.75 Å². The van der Waals surface area contributed by atoms with E-state index >= 15 is 0 Å². The quantitative estimate of drug-likeness (QED) is 0.710. The van der Waals surface area contributed by atoms with Crippen LogP contribution in [0.3, 0.4) is 0 Å². The van der Waals surface area contributed by atoms with E-state index in [1.54, 1.807) is 18.2 Å². The molecule has 14 heavy (non-hydrogen) atoms. The predicted molar refractivity (Wildman–Crippen MR) is 52.0 cm³/mol. The third-order valence-electron chi connectivity index (χ3n) is 2.44.